The van der Waals surface area contributed by atoms with Crippen LogP contribution in [0.5, 0.6) is 0 Å². The summed E-state index contributed by atoms with van der Waals surface area (Å²) in [4.78, 5) is 14.6. The molecule has 0 radical (unpaired) electrons. The molecule has 23 heavy (non-hydrogen) atoms. The molecule has 11 heteroatoms. The lowest BCUT2D eigenvalue weighted by molar-refractivity contribution is -0.391. The molecule has 0 unspecified atom stereocenters. The monoisotopic (exact) mass is 341 g/mol. The predicted octanol–water partition coefficient (Wildman–Crippen LogP) is 0.483. The van der Waals surface area contributed by atoms with Crippen LogP contribution < -0.4 is 10.5 Å². The standard InChI is InChI=1S/C12H15N5O5S/c1-8-14-11(12(17(19)20)16(8)6-7-18)15-9-2-4-10(5-3-9)23(13,21)22/h2-5,15,18H,6-7H2,1H3,(H2,13,21,22). The van der Waals surface area contributed by atoms with Gasteiger partial charge in [-0.3, -0.25) is 0 Å². The van der Waals surface area contributed by atoms with Gasteiger partial charge in [-0.05, 0) is 29.2 Å². The number of aliphatic hydroxyl groups is 1. The number of aryl methyl sites for hydroxylation is 1. The highest BCUT2D eigenvalue weighted by atomic mass is 32.2. The van der Waals surface area contributed by atoms with E-state index in [1.807, 2.05) is 0 Å². The summed E-state index contributed by atoms with van der Waals surface area (Å²) in [5, 5.41) is 28.0. The first-order valence-electron chi connectivity index (χ1n) is 6.46. The molecular formula is C12H15N5O5S. The van der Waals surface area contributed by atoms with E-state index in [1.165, 1.54) is 28.8 Å². The summed E-state index contributed by atoms with van der Waals surface area (Å²) >= 11 is 0. The Morgan fingerprint density at radius 2 is 2.00 bits per heavy atom. The van der Waals surface area contributed by atoms with Crippen LogP contribution in [0.1, 0.15) is 5.82 Å². The van der Waals surface area contributed by atoms with Crippen molar-refractivity contribution in [1.82, 2.24) is 9.55 Å². The molecular weight excluding hydrogens is 326 g/mol. The molecule has 0 amide bonds. The molecule has 0 fully saturated rings. The topological polar surface area (TPSA) is 153 Å². The molecule has 0 aliphatic heterocycles. The molecule has 2 aromatic rings. The van der Waals surface area contributed by atoms with Crippen molar-refractivity contribution in [3.8, 4) is 0 Å². The van der Waals surface area contributed by atoms with Crippen LogP contribution in [-0.4, -0.2) is 34.6 Å². The maximum Gasteiger partial charge on any atom is 0.367 e. The fourth-order valence-corrected chi connectivity index (χ4v) is 2.57. The van der Waals surface area contributed by atoms with Crippen molar-refractivity contribution in [1.29, 1.82) is 0 Å². The van der Waals surface area contributed by atoms with E-state index in [9.17, 15) is 18.5 Å². The highest BCUT2D eigenvalue weighted by molar-refractivity contribution is 7.89. The second kappa shape index (κ2) is 6.32. The third-order valence-corrected chi connectivity index (χ3v) is 4.00. The van der Waals surface area contributed by atoms with Crippen LogP contribution in [0.25, 0.3) is 0 Å². The highest BCUT2D eigenvalue weighted by Gasteiger charge is 2.25. The zero-order valence-corrected chi connectivity index (χ0v) is 12.9. The van der Waals surface area contributed by atoms with Gasteiger partial charge in [0, 0.05) is 12.6 Å². The minimum Gasteiger partial charge on any atom is -0.392 e. The van der Waals surface area contributed by atoms with Gasteiger partial charge < -0.3 is 20.5 Å². The number of nitrogens with two attached hydrogens (primary N) is 1. The van der Waals surface area contributed by atoms with Gasteiger partial charge in [0.25, 0.3) is 0 Å². The number of hydrogen-bond donors (Lipinski definition) is 3. The molecule has 1 aromatic heterocycles. The Morgan fingerprint density at radius 3 is 2.48 bits per heavy atom. The normalized spacial score (nSPS) is 11.4. The first-order chi connectivity index (χ1) is 10.7. The number of benzene rings is 1. The number of anilines is 2. The van der Waals surface area contributed by atoms with Gasteiger partial charge in [-0.2, -0.15) is 4.98 Å². The van der Waals surface area contributed by atoms with Crippen LogP contribution in [0.15, 0.2) is 29.2 Å². The van der Waals surface area contributed by atoms with Gasteiger partial charge in [-0.1, -0.05) is 0 Å². The summed E-state index contributed by atoms with van der Waals surface area (Å²) in [5.74, 6) is 0.0887. The summed E-state index contributed by atoms with van der Waals surface area (Å²) in [6.07, 6.45) is 0. The number of primary sulfonamides is 1. The van der Waals surface area contributed by atoms with Gasteiger partial charge in [0.2, 0.25) is 15.8 Å². The zero-order valence-electron chi connectivity index (χ0n) is 12.1. The molecule has 1 heterocycles. The quantitative estimate of drug-likeness (QED) is 0.510. The Balaban J connectivity index is 2.37. The fourth-order valence-electron chi connectivity index (χ4n) is 2.05. The number of hydrogen-bond acceptors (Lipinski definition) is 7. The van der Waals surface area contributed by atoms with Crippen LogP contribution in [0.4, 0.5) is 17.3 Å². The number of nitrogens with zero attached hydrogens (tertiary/aromatic N) is 3. The molecule has 1 aromatic carbocycles. The third kappa shape index (κ3) is 3.64. The van der Waals surface area contributed by atoms with E-state index in [0.29, 0.717) is 11.5 Å². The molecule has 2 rings (SSSR count). The summed E-state index contributed by atoms with van der Waals surface area (Å²) in [5.41, 5.74) is 0.411. The van der Waals surface area contributed by atoms with Crippen molar-refractivity contribution in [2.24, 2.45) is 5.14 Å². The lowest BCUT2D eigenvalue weighted by Crippen LogP contribution is -2.11. The van der Waals surface area contributed by atoms with E-state index < -0.39 is 14.9 Å². The van der Waals surface area contributed by atoms with E-state index in [-0.39, 0.29) is 29.7 Å². The fraction of sp³-hybridized carbons (Fsp3) is 0.250. The average Bonchev–Trinajstić information content (AvgIpc) is 2.75. The van der Waals surface area contributed by atoms with E-state index in [4.69, 9.17) is 10.2 Å². The van der Waals surface area contributed by atoms with Gasteiger partial charge in [-0.15, -0.1) is 0 Å². The molecule has 124 valence electrons. The molecule has 0 saturated heterocycles. The van der Waals surface area contributed by atoms with E-state index in [1.54, 1.807) is 6.92 Å². The number of rotatable bonds is 6. The van der Waals surface area contributed by atoms with E-state index in [0.717, 1.165) is 0 Å². The van der Waals surface area contributed by atoms with Crippen LogP contribution in [0.2, 0.25) is 0 Å². The number of sulfonamides is 1. The Morgan fingerprint density at radius 1 is 1.39 bits per heavy atom. The summed E-state index contributed by atoms with van der Waals surface area (Å²) in [6, 6.07) is 5.40. The van der Waals surface area contributed by atoms with Crippen LogP contribution in [0.3, 0.4) is 0 Å². The smallest absolute Gasteiger partial charge is 0.367 e. The highest BCUT2D eigenvalue weighted by Crippen LogP contribution is 2.28. The summed E-state index contributed by atoms with van der Waals surface area (Å²) in [6.45, 7) is 1.36. The van der Waals surface area contributed by atoms with Crippen molar-refractivity contribution >= 4 is 27.3 Å². The molecule has 0 spiro atoms. The van der Waals surface area contributed by atoms with Gasteiger partial charge in [0.1, 0.15) is 6.54 Å². The molecule has 4 N–H and O–H groups in total. The maximum atomic E-state index is 11.2. The minimum atomic E-state index is -3.81. The number of aromatic nitrogens is 2. The Bertz CT molecular complexity index is 828. The van der Waals surface area contributed by atoms with Gasteiger partial charge in [0.15, 0.2) is 5.82 Å². The van der Waals surface area contributed by atoms with Gasteiger partial charge in [-0.25, -0.2) is 18.1 Å². The molecule has 10 nitrogen and oxygen atoms in total. The van der Waals surface area contributed by atoms with Crippen LogP contribution >= 0.6 is 0 Å². The zero-order chi connectivity index (χ0) is 17.2. The van der Waals surface area contributed by atoms with Crippen molar-refractivity contribution in [2.75, 3.05) is 11.9 Å². The van der Waals surface area contributed by atoms with Crippen molar-refractivity contribution in [3.63, 3.8) is 0 Å². The van der Waals surface area contributed by atoms with Gasteiger partial charge >= 0.3 is 5.82 Å². The summed E-state index contributed by atoms with van der Waals surface area (Å²) in [7, 11) is -3.81. The number of aliphatic hydroxyl groups excluding tert-OH is 1. The van der Waals surface area contributed by atoms with Crippen LogP contribution in [-0.2, 0) is 16.6 Å². The SMILES string of the molecule is Cc1nc(Nc2ccc(S(N)(=O)=O)cc2)c([N+](=O)[O-])n1CCO. The van der Waals surface area contributed by atoms with Crippen molar-refractivity contribution in [2.45, 2.75) is 18.4 Å². The maximum absolute atomic E-state index is 11.2. The Labute approximate surface area is 131 Å². The number of imidazole rings is 1. The number of nitrogens with one attached hydrogen (secondary N) is 1. The average molecular weight is 341 g/mol. The molecule has 0 saturated carbocycles. The summed E-state index contributed by atoms with van der Waals surface area (Å²) < 4.78 is 23.7. The largest absolute Gasteiger partial charge is 0.392 e. The van der Waals surface area contributed by atoms with Crippen molar-refractivity contribution < 1.29 is 18.4 Å². The van der Waals surface area contributed by atoms with Gasteiger partial charge in [0.05, 0.1) is 11.5 Å². The molecule has 0 aliphatic rings. The second-order valence-electron chi connectivity index (χ2n) is 4.66. The van der Waals surface area contributed by atoms with Crippen molar-refractivity contribution in [3.05, 3.63) is 40.2 Å². The predicted molar refractivity (Wildman–Crippen MR) is 81.8 cm³/mol. The third-order valence-electron chi connectivity index (χ3n) is 3.07. The molecule has 0 bridgehead atoms. The second-order valence-corrected chi connectivity index (χ2v) is 6.22. The van der Waals surface area contributed by atoms with E-state index >= 15 is 0 Å². The molecule has 0 atom stereocenters. The minimum absolute atomic E-state index is 0.00399. The van der Waals surface area contributed by atoms with Crippen LogP contribution in [0, 0.1) is 17.0 Å². The Kier molecular flexibility index (Phi) is 4.63. The first-order valence-corrected chi connectivity index (χ1v) is 8.01. The number of nitro groups is 1. The lowest BCUT2D eigenvalue weighted by Gasteiger charge is -2.05. The van der Waals surface area contributed by atoms with E-state index in [2.05, 4.69) is 10.3 Å². The Hall–Kier alpha value is -2.50. The lowest BCUT2D eigenvalue weighted by atomic mass is 10.3. The molecule has 0 aliphatic carbocycles. The first kappa shape index (κ1) is 16.9.